The van der Waals surface area contributed by atoms with E-state index in [2.05, 4.69) is 25.1 Å². The zero-order chi connectivity index (χ0) is 13.9. The molecule has 1 aromatic heterocycles. The standard InChI is InChI=1S/C10H15F3N4O2/c1-17-3-2-14-4-7(17)9-15-8(19-16-9)5-18-6-10(11,12)13/h7,14H,2-6H2,1H3. The lowest BCUT2D eigenvalue weighted by molar-refractivity contribution is -0.178. The number of piperazine rings is 1. The first-order valence-electron chi connectivity index (χ1n) is 5.83. The Labute approximate surface area is 107 Å². The maximum atomic E-state index is 11.9. The first-order chi connectivity index (χ1) is 8.96. The second-order valence-corrected chi connectivity index (χ2v) is 4.35. The van der Waals surface area contributed by atoms with Crippen LogP contribution < -0.4 is 5.32 Å². The summed E-state index contributed by atoms with van der Waals surface area (Å²) in [6.45, 7) is 0.746. The van der Waals surface area contributed by atoms with Crippen molar-refractivity contribution in [3.05, 3.63) is 11.7 Å². The minimum absolute atomic E-state index is 0.0335. The molecule has 1 fully saturated rings. The molecular weight excluding hydrogens is 265 g/mol. The molecule has 1 aliphatic heterocycles. The fourth-order valence-corrected chi connectivity index (χ4v) is 1.81. The molecule has 0 bridgehead atoms. The van der Waals surface area contributed by atoms with E-state index in [4.69, 9.17) is 4.52 Å². The lowest BCUT2D eigenvalue weighted by atomic mass is 10.2. The van der Waals surface area contributed by atoms with Gasteiger partial charge in [-0.05, 0) is 7.05 Å². The van der Waals surface area contributed by atoms with Gasteiger partial charge in [-0.3, -0.25) is 4.90 Å². The fraction of sp³-hybridized carbons (Fsp3) is 0.800. The summed E-state index contributed by atoms with van der Waals surface area (Å²) in [5.74, 6) is 0.513. The highest BCUT2D eigenvalue weighted by Crippen LogP contribution is 2.18. The molecule has 19 heavy (non-hydrogen) atoms. The number of hydrogen-bond acceptors (Lipinski definition) is 6. The first-order valence-corrected chi connectivity index (χ1v) is 5.83. The molecule has 0 amide bonds. The third-order valence-corrected chi connectivity index (χ3v) is 2.78. The van der Waals surface area contributed by atoms with Crippen molar-refractivity contribution in [1.82, 2.24) is 20.4 Å². The molecule has 1 N–H and O–H groups in total. The van der Waals surface area contributed by atoms with Gasteiger partial charge >= 0.3 is 6.18 Å². The van der Waals surface area contributed by atoms with Crippen LogP contribution in [0.25, 0.3) is 0 Å². The van der Waals surface area contributed by atoms with Gasteiger partial charge < -0.3 is 14.6 Å². The Morgan fingerprint density at radius 2 is 2.32 bits per heavy atom. The maximum Gasteiger partial charge on any atom is 0.411 e. The molecule has 0 aromatic carbocycles. The average Bonchev–Trinajstić information content (AvgIpc) is 2.76. The van der Waals surface area contributed by atoms with E-state index in [-0.39, 0.29) is 18.5 Å². The van der Waals surface area contributed by atoms with Crippen LogP contribution in [0.1, 0.15) is 17.8 Å². The number of hydrogen-bond donors (Lipinski definition) is 1. The summed E-state index contributed by atoms with van der Waals surface area (Å²) in [5, 5.41) is 6.97. The van der Waals surface area contributed by atoms with Crippen molar-refractivity contribution in [3.8, 4) is 0 Å². The van der Waals surface area contributed by atoms with Crippen molar-refractivity contribution < 1.29 is 22.4 Å². The van der Waals surface area contributed by atoms with Crippen LogP contribution in [0.15, 0.2) is 4.52 Å². The zero-order valence-electron chi connectivity index (χ0n) is 10.4. The molecule has 0 aliphatic carbocycles. The molecular formula is C10H15F3N4O2. The number of ether oxygens (including phenoxy) is 1. The predicted molar refractivity (Wildman–Crippen MR) is 58.2 cm³/mol. The summed E-state index contributed by atoms with van der Waals surface area (Å²) in [7, 11) is 1.93. The quantitative estimate of drug-likeness (QED) is 0.877. The maximum absolute atomic E-state index is 11.9. The predicted octanol–water partition coefficient (Wildman–Crippen LogP) is 0.725. The van der Waals surface area contributed by atoms with E-state index >= 15 is 0 Å². The highest BCUT2D eigenvalue weighted by atomic mass is 19.4. The number of rotatable bonds is 4. The van der Waals surface area contributed by atoms with Crippen molar-refractivity contribution >= 4 is 0 Å². The lowest BCUT2D eigenvalue weighted by Gasteiger charge is -2.30. The number of alkyl halides is 3. The van der Waals surface area contributed by atoms with Crippen molar-refractivity contribution in [3.63, 3.8) is 0 Å². The SMILES string of the molecule is CN1CCNCC1c1noc(COCC(F)(F)F)n1. The second-order valence-electron chi connectivity index (χ2n) is 4.35. The summed E-state index contributed by atoms with van der Waals surface area (Å²) in [4.78, 5) is 6.11. The van der Waals surface area contributed by atoms with Crippen LogP contribution in [0.3, 0.4) is 0 Å². The number of aromatic nitrogens is 2. The van der Waals surface area contributed by atoms with Gasteiger partial charge in [-0.1, -0.05) is 5.16 Å². The molecule has 1 atom stereocenters. The van der Waals surface area contributed by atoms with Gasteiger partial charge in [0.25, 0.3) is 5.89 Å². The highest BCUT2D eigenvalue weighted by molar-refractivity contribution is 4.97. The smallest absolute Gasteiger partial charge is 0.362 e. The van der Waals surface area contributed by atoms with Crippen LogP contribution in [0.2, 0.25) is 0 Å². The Morgan fingerprint density at radius 3 is 3.00 bits per heavy atom. The Bertz CT molecular complexity index is 410. The summed E-state index contributed by atoms with van der Waals surface area (Å²) >= 11 is 0. The fourth-order valence-electron chi connectivity index (χ4n) is 1.81. The Balaban J connectivity index is 1.88. The average molecular weight is 280 g/mol. The molecule has 9 heteroatoms. The molecule has 108 valence electrons. The first kappa shape index (κ1) is 14.2. The van der Waals surface area contributed by atoms with Gasteiger partial charge in [0.15, 0.2) is 5.82 Å². The molecule has 1 saturated heterocycles. The molecule has 2 heterocycles. The number of likely N-dealkylation sites (N-methyl/N-ethyl adjacent to an activating group) is 1. The number of nitrogens with one attached hydrogen (secondary N) is 1. The van der Waals surface area contributed by atoms with E-state index in [9.17, 15) is 13.2 Å². The van der Waals surface area contributed by atoms with E-state index in [0.717, 1.165) is 13.1 Å². The monoisotopic (exact) mass is 280 g/mol. The molecule has 6 nitrogen and oxygen atoms in total. The van der Waals surface area contributed by atoms with Crippen LogP contribution in [0.5, 0.6) is 0 Å². The number of nitrogens with zero attached hydrogens (tertiary/aromatic N) is 3. The summed E-state index contributed by atoms with van der Waals surface area (Å²) in [6, 6.07) is -0.0335. The topological polar surface area (TPSA) is 63.4 Å². The van der Waals surface area contributed by atoms with Gasteiger partial charge in [0, 0.05) is 19.6 Å². The van der Waals surface area contributed by atoms with Gasteiger partial charge in [0.05, 0.1) is 6.04 Å². The van der Waals surface area contributed by atoms with Gasteiger partial charge in [0.2, 0.25) is 0 Å². The Hall–Kier alpha value is -1.19. The van der Waals surface area contributed by atoms with Crippen LogP contribution >= 0.6 is 0 Å². The van der Waals surface area contributed by atoms with Gasteiger partial charge in [-0.15, -0.1) is 0 Å². The van der Waals surface area contributed by atoms with Crippen molar-refractivity contribution in [2.45, 2.75) is 18.8 Å². The Morgan fingerprint density at radius 1 is 1.53 bits per heavy atom. The molecule has 0 saturated carbocycles. The van der Waals surface area contributed by atoms with Crippen molar-refractivity contribution in [2.75, 3.05) is 33.3 Å². The zero-order valence-corrected chi connectivity index (χ0v) is 10.4. The largest absolute Gasteiger partial charge is 0.411 e. The van der Waals surface area contributed by atoms with E-state index < -0.39 is 12.8 Å². The van der Waals surface area contributed by atoms with Crippen molar-refractivity contribution in [2.24, 2.45) is 0 Å². The van der Waals surface area contributed by atoms with E-state index in [0.29, 0.717) is 12.4 Å². The third-order valence-electron chi connectivity index (χ3n) is 2.78. The highest BCUT2D eigenvalue weighted by Gasteiger charge is 2.28. The number of halogens is 3. The van der Waals surface area contributed by atoms with Crippen LogP contribution in [-0.4, -0.2) is 54.5 Å². The molecule has 1 unspecified atom stereocenters. The summed E-state index contributed by atoms with van der Waals surface area (Å²) in [5.41, 5.74) is 0. The Kier molecular flexibility index (Phi) is 4.38. The molecule has 1 aliphatic rings. The third kappa shape index (κ3) is 4.15. The van der Waals surface area contributed by atoms with Crippen molar-refractivity contribution in [1.29, 1.82) is 0 Å². The normalized spacial score (nSPS) is 21.8. The minimum atomic E-state index is -4.35. The van der Waals surface area contributed by atoms with E-state index in [1.54, 1.807) is 0 Å². The molecule has 1 aromatic rings. The van der Waals surface area contributed by atoms with E-state index in [1.807, 2.05) is 7.05 Å². The van der Waals surface area contributed by atoms with Crippen LogP contribution in [-0.2, 0) is 11.3 Å². The minimum Gasteiger partial charge on any atom is -0.362 e. The summed E-state index contributed by atoms with van der Waals surface area (Å²) < 4.78 is 45.0. The van der Waals surface area contributed by atoms with Crippen LogP contribution in [0, 0.1) is 0 Å². The molecule has 0 radical (unpaired) electrons. The van der Waals surface area contributed by atoms with E-state index in [1.165, 1.54) is 0 Å². The van der Waals surface area contributed by atoms with Gasteiger partial charge in [0.1, 0.15) is 13.2 Å². The summed E-state index contributed by atoms with van der Waals surface area (Å²) in [6.07, 6.45) is -4.35. The van der Waals surface area contributed by atoms with Crippen LogP contribution in [0.4, 0.5) is 13.2 Å². The second kappa shape index (κ2) is 5.85. The molecule has 0 spiro atoms. The van der Waals surface area contributed by atoms with Gasteiger partial charge in [-0.2, -0.15) is 18.2 Å². The van der Waals surface area contributed by atoms with Gasteiger partial charge in [-0.25, -0.2) is 0 Å². The lowest BCUT2D eigenvalue weighted by Crippen LogP contribution is -2.44. The molecule has 2 rings (SSSR count).